The highest BCUT2D eigenvalue weighted by Gasteiger charge is 2.69. The van der Waals surface area contributed by atoms with Gasteiger partial charge in [-0.05, 0) is 64.9 Å². The first-order valence-electron chi connectivity index (χ1n) is 12.4. The second-order valence-corrected chi connectivity index (χ2v) is 10.3. The third kappa shape index (κ3) is 4.24. The monoisotopic (exact) mass is 518 g/mol. The molecule has 202 valence electrons. The average Bonchev–Trinajstić information content (AvgIpc) is 3.22. The van der Waals surface area contributed by atoms with Gasteiger partial charge in [0.05, 0.1) is 11.0 Å². The van der Waals surface area contributed by atoms with E-state index in [1.165, 1.54) is 13.0 Å². The van der Waals surface area contributed by atoms with E-state index in [0.717, 1.165) is 5.56 Å². The number of fused-ring (bicyclic) bond motifs is 1. The van der Waals surface area contributed by atoms with Gasteiger partial charge in [0, 0.05) is 24.4 Å². The number of esters is 2. The number of aliphatic carboxylic acids is 1. The number of nitrogens with zero attached hydrogens (tertiary/aromatic N) is 1. The number of benzene rings is 1. The highest BCUT2D eigenvalue weighted by Crippen LogP contribution is 2.62. The Bertz CT molecular complexity index is 1150. The van der Waals surface area contributed by atoms with Crippen molar-refractivity contribution in [3.8, 4) is 11.5 Å². The summed E-state index contributed by atoms with van der Waals surface area (Å²) in [7, 11) is 1.94. The Morgan fingerprint density at radius 3 is 2.68 bits per heavy atom. The Balaban J connectivity index is 1.61. The molecule has 0 aromatic heterocycles. The number of aryl methyl sites for hydroxylation is 1. The molecule has 1 spiro atoms. The van der Waals surface area contributed by atoms with Crippen LogP contribution < -0.4 is 10.5 Å². The summed E-state index contributed by atoms with van der Waals surface area (Å²) in [4.78, 5) is 37.9. The molecule has 4 rings (SSSR count). The van der Waals surface area contributed by atoms with Gasteiger partial charge in [-0.1, -0.05) is 6.07 Å². The minimum Gasteiger partial charge on any atom is -0.504 e. The predicted octanol–water partition coefficient (Wildman–Crippen LogP) is 1.11. The lowest BCUT2D eigenvalue weighted by Crippen LogP contribution is -2.71. The van der Waals surface area contributed by atoms with Crippen LogP contribution in [0.2, 0.25) is 0 Å². The van der Waals surface area contributed by atoms with Gasteiger partial charge in [0.1, 0.15) is 11.8 Å². The number of aliphatic hydroxyl groups is 1. The van der Waals surface area contributed by atoms with Crippen molar-refractivity contribution in [1.82, 2.24) is 4.90 Å². The van der Waals surface area contributed by atoms with E-state index in [9.17, 15) is 24.6 Å². The highest BCUT2D eigenvalue weighted by molar-refractivity contribution is 5.82. The van der Waals surface area contributed by atoms with Gasteiger partial charge in [-0.15, -0.1) is 0 Å². The molecule has 2 aliphatic heterocycles. The molecule has 6 atom stereocenters. The topological polar surface area (TPSA) is 169 Å². The number of carboxylic acids is 1. The fourth-order valence-electron chi connectivity index (χ4n) is 5.91. The van der Waals surface area contributed by atoms with E-state index in [4.69, 9.17) is 25.1 Å². The van der Waals surface area contributed by atoms with Gasteiger partial charge >= 0.3 is 17.9 Å². The van der Waals surface area contributed by atoms with Crippen LogP contribution in [0, 0.1) is 6.92 Å². The van der Waals surface area contributed by atoms with Crippen LogP contribution in [0.5, 0.6) is 11.5 Å². The largest absolute Gasteiger partial charge is 0.504 e. The second-order valence-electron chi connectivity index (χ2n) is 10.3. The Labute approximate surface area is 214 Å². The Kier molecular flexibility index (Phi) is 7.00. The molecule has 2 unspecified atom stereocenters. The molecule has 1 aromatic rings. The second kappa shape index (κ2) is 9.62. The van der Waals surface area contributed by atoms with E-state index >= 15 is 0 Å². The maximum absolute atomic E-state index is 12.9. The number of nitrogens with two attached hydrogens (primary N) is 1. The Hall–Kier alpha value is -3.15. The third-order valence-electron chi connectivity index (χ3n) is 8.15. The number of ether oxygens (including phenoxy) is 3. The molecule has 0 radical (unpaired) electrons. The van der Waals surface area contributed by atoms with Gasteiger partial charge in [-0.25, -0.2) is 4.79 Å². The van der Waals surface area contributed by atoms with Crippen molar-refractivity contribution in [3.63, 3.8) is 0 Å². The zero-order valence-corrected chi connectivity index (χ0v) is 21.4. The van der Waals surface area contributed by atoms with Crippen molar-refractivity contribution in [2.24, 2.45) is 5.73 Å². The Morgan fingerprint density at radius 1 is 1.30 bits per heavy atom. The van der Waals surface area contributed by atoms with Crippen molar-refractivity contribution in [2.75, 3.05) is 13.6 Å². The van der Waals surface area contributed by atoms with Crippen LogP contribution in [0.4, 0.5) is 0 Å². The smallest absolute Gasteiger partial charge is 0.352 e. The third-order valence-corrected chi connectivity index (χ3v) is 8.15. The van der Waals surface area contributed by atoms with Crippen molar-refractivity contribution in [3.05, 3.63) is 35.1 Å². The van der Waals surface area contributed by atoms with Gasteiger partial charge in [0.15, 0.2) is 23.7 Å². The number of phenols is 1. The van der Waals surface area contributed by atoms with Crippen molar-refractivity contribution >= 4 is 17.9 Å². The van der Waals surface area contributed by atoms with Gasteiger partial charge in [-0.2, -0.15) is 0 Å². The summed E-state index contributed by atoms with van der Waals surface area (Å²) in [5.74, 6) is -2.53. The lowest BCUT2D eigenvalue weighted by Gasteiger charge is -2.58. The van der Waals surface area contributed by atoms with Crippen LogP contribution in [-0.4, -0.2) is 81.6 Å². The van der Waals surface area contributed by atoms with Crippen molar-refractivity contribution in [2.45, 2.75) is 81.8 Å². The summed E-state index contributed by atoms with van der Waals surface area (Å²) < 4.78 is 17.0. The van der Waals surface area contributed by atoms with E-state index in [0.29, 0.717) is 18.5 Å². The lowest BCUT2D eigenvalue weighted by molar-refractivity contribution is -0.172. The number of carbonyl (C=O) groups excluding carboxylic acids is 2. The summed E-state index contributed by atoms with van der Waals surface area (Å²) in [5.41, 5.74) is 4.96. The van der Waals surface area contributed by atoms with Gasteiger partial charge in [0.2, 0.25) is 0 Å². The molecule has 11 nitrogen and oxygen atoms in total. The molecule has 1 aromatic carbocycles. The Morgan fingerprint density at radius 2 is 2.00 bits per heavy atom. The van der Waals surface area contributed by atoms with E-state index in [2.05, 4.69) is 4.90 Å². The van der Waals surface area contributed by atoms with E-state index in [1.807, 2.05) is 20.9 Å². The number of hydrogen-bond donors (Lipinski definition) is 4. The molecule has 5 N–H and O–H groups in total. The summed E-state index contributed by atoms with van der Waals surface area (Å²) in [5, 5.41) is 31.6. The van der Waals surface area contributed by atoms with Crippen LogP contribution in [0.1, 0.15) is 50.7 Å². The lowest BCUT2D eigenvalue weighted by atomic mass is 9.54. The molecule has 2 heterocycles. The molecule has 0 bridgehead atoms. The molecule has 0 amide bonds. The van der Waals surface area contributed by atoms with Gasteiger partial charge < -0.3 is 40.2 Å². The molecule has 1 fully saturated rings. The number of carboxylic acid groups (broad SMARTS) is 1. The van der Waals surface area contributed by atoms with Crippen molar-refractivity contribution in [1.29, 1.82) is 0 Å². The van der Waals surface area contributed by atoms with Crippen LogP contribution >= 0.6 is 0 Å². The van der Waals surface area contributed by atoms with Crippen LogP contribution in [0.3, 0.4) is 0 Å². The first-order valence-corrected chi connectivity index (χ1v) is 12.4. The number of rotatable bonds is 7. The van der Waals surface area contributed by atoms with E-state index in [1.54, 1.807) is 12.1 Å². The quantitative estimate of drug-likeness (QED) is 0.381. The maximum atomic E-state index is 12.9. The normalized spacial score (nSPS) is 30.1. The molecular weight excluding hydrogens is 484 g/mol. The summed E-state index contributed by atoms with van der Waals surface area (Å²) in [6.45, 7) is 5.80. The van der Waals surface area contributed by atoms with E-state index < -0.39 is 47.2 Å². The minimum atomic E-state index is -1.32. The molecule has 0 saturated carbocycles. The number of likely N-dealkylation sites (tertiary alicyclic amines) is 1. The minimum absolute atomic E-state index is 0.0679. The number of piperidine rings is 1. The first-order chi connectivity index (χ1) is 17.3. The summed E-state index contributed by atoms with van der Waals surface area (Å²) in [6, 6.07) is 1.85. The fraction of sp³-hybridized carbons (Fsp3) is 0.577. The van der Waals surface area contributed by atoms with Crippen LogP contribution in [-0.2, 0) is 29.3 Å². The average molecular weight is 519 g/mol. The van der Waals surface area contributed by atoms with Crippen LogP contribution in [0.25, 0.3) is 0 Å². The van der Waals surface area contributed by atoms with Crippen molar-refractivity contribution < 1.29 is 43.9 Å². The molecule has 11 heteroatoms. The number of aromatic hydroxyl groups is 1. The first kappa shape index (κ1) is 26.9. The molecule has 3 aliphatic rings. The molecule has 1 saturated heterocycles. The standard InChI is InChI=1S/C26H34N2O9/c1-13-5-7-17(29)21-20(13)25-11-12-28(4)15(3)26(25,34)10-9-18(22(25)37-21)36-23(32)14(2)35-24(33)16(27)6-8-19(30)31/h5,7,9,14-16,22,29,34H,6,8,10-12,27H2,1-4H3,(H,30,31)/t14-,15+,16-,22?,25?,26+/m0/s1. The summed E-state index contributed by atoms with van der Waals surface area (Å²) >= 11 is 0. The number of likely N-dealkylation sites (N-methyl/N-ethyl adjacent to an activating group) is 1. The maximum Gasteiger partial charge on any atom is 0.352 e. The zero-order chi connectivity index (χ0) is 27.3. The molecule has 1 aliphatic carbocycles. The molecular formula is C26H34N2O9. The predicted molar refractivity (Wildman–Crippen MR) is 130 cm³/mol. The van der Waals surface area contributed by atoms with Gasteiger partial charge in [-0.3, -0.25) is 9.59 Å². The molecule has 37 heavy (non-hydrogen) atoms. The van der Waals surface area contributed by atoms with E-state index in [-0.39, 0.29) is 42.6 Å². The SMILES string of the molecule is Cc1ccc(O)c2c1C13CCN(C)[C@H](C)[C@]1(O)CC=C(OC(=O)[C@H](C)OC(=O)[C@@H](N)CCC(=O)O)C3O2. The summed E-state index contributed by atoms with van der Waals surface area (Å²) in [6.07, 6.45) is -0.390. The number of carbonyl (C=O) groups is 3. The number of phenolic OH excluding ortho intramolecular Hbond substituents is 1. The zero-order valence-electron chi connectivity index (χ0n) is 21.4. The van der Waals surface area contributed by atoms with Gasteiger partial charge in [0.25, 0.3) is 0 Å². The highest BCUT2D eigenvalue weighted by atomic mass is 16.6. The number of hydrogen-bond acceptors (Lipinski definition) is 10. The fourth-order valence-corrected chi connectivity index (χ4v) is 5.91. The van der Waals surface area contributed by atoms with Crippen LogP contribution in [0.15, 0.2) is 24.0 Å².